The molecule has 2 nitrogen and oxygen atoms in total. The molecule has 0 unspecified atom stereocenters. The van der Waals surface area contributed by atoms with Crippen LogP contribution >= 0.6 is 0 Å². The van der Waals surface area contributed by atoms with E-state index in [0.717, 1.165) is 12.8 Å². The third kappa shape index (κ3) is 2.55. The van der Waals surface area contributed by atoms with Gasteiger partial charge in [-0.25, -0.2) is 0 Å². The highest BCUT2D eigenvalue weighted by Crippen LogP contribution is 2.32. The number of methoxy groups -OCH3 is 1. The molecule has 0 aromatic rings. The van der Waals surface area contributed by atoms with Crippen LogP contribution in [-0.2, 0) is 4.74 Å². The van der Waals surface area contributed by atoms with E-state index in [1.807, 2.05) is 13.8 Å². The van der Waals surface area contributed by atoms with Crippen LogP contribution in [0.2, 0.25) is 0 Å². The zero-order chi connectivity index (χ0) is 10.1. The summed E-state index contributed by atoms with van der Waals surface area (Å²) in [7, 11) is 1.73. The molecule has 0 saturated carbocycles. The molecule has 1 aliphatic carbocycles. The van der Waals surface area contributed by atoms with Gasteiger partial charge in [0.1, 0.15) is 0 Å². The van der Waals surface area contributed by atoms with Gasteiger partial charge < -0.3 is 9.84 Å². The standard InChI is InChI=1S/C11H20O2/c1-8-5-6-9(11(2,3)12)7-10(8)13-4/h5,9-10,12H,6-7H2,1-4H3/t9-,10+/m0/s1. The summed E-state index contributed by atoms with van der Waals surface area (Å²) in [6.45, 7) is 5.84. The molecular weight excluding hydrogens is 164 g/mol. The van der Waals surface area contributed by atoms with Gasteiger partial charge in [0.05, 0.1) is 11.7 Å². The zero-order valence-electron chi connectivity index (χ0n) is 9.00. The highest BCUT2D eigenvalue weighted by molar-refractivity contribution is 5.11. The molecule has 2 heteroatoms. The number of hydrogen-bond acceptors (Lipinski definition) is 2. The maximum Gasteiger partial charge on any atom is 0.0782 e. The van der Waals surface area contributed by atoms with Crippen molar-refractivity contribution in [2.45, 2.75) is 45.3 Å². The van der Waals surface area contributed by atoms with Crippen molar-refractivity contribution in [3.05, 3.63) is 11.6 Å². The average Bonchev–Trinajstić information content (AvgIpc) is 2.03. The van der Waals surface area contributed by atoms with Gasteiger partial charge in [0.25, 0.3) is 0 Å². The fourth-order valence-electron chi connectivity index (χ4n) is 1.86. The van der Waals surface area contributed by atoms with Gasteiger partial charge in [0.2, 0.25) is 0 Å². The van der Waals surface area contributed by atoms with Crippen molar-refractivity contribution < 1.29 is 9.84 Å². The molecule has 0 heterocycles. The minimum atomic E-state index is -0.589. The molecule has 0 aromatic carbocycles. The molecule has 0 radical (unpaired) electrons. The first-order valence-electron chi connectivity index (χ1n) is 4.87. The maximum absolute atomic E-state index is 9.86. The van der Waals surface area contributed by atoms with E-state index in [0.29, 0.717) is 5.92 Å². The van der Waals surface area contributed by atoms with Crippen molar-refractivity contribution in [1.82, 2.24) is 0 Å². The molecule has 0 aromatic heterocycles. The Kier molecular flexibility index (Phi) is 3.14. The van der Waals surface area contributed by atoms with E-state index in [9.17, 15) is 5.11 Å². The molecule has 0 saturated heterocycles. The lowest BCUT2D eigenvalue weighted by Gasteiger charge is -2.35. The number of allylic oxidation sites excluding steroid dienone is 1. The molecule has 1 N–H and O–H groups in total. The lowest BCUT2D eigenvalue weighted by atomic mass is 9.78. The second kappa shape index (κ2) is 3.81. The van der Waals surface area contributed by atoms with E-state index >= 15 is 0 Å². The summed E-state index contributed by atoms with van der Waals surface area (Å²) < 4.78 is 5.35. The summed E-state index contributed by atoms with van der Waals surface area (Å²) in [6.07, 6.45) is 4.28. The summed E-state index contributed by atoms with van der Waals surface area (Å²) >= 11 is 0. The predicted octanol–water partition coefficient (Wildman–Crippen LogP) is 2.13. The largest absolute Gasteiger partial charge is 0.390 e. The monoisotopic (exact) mass is 184 g/mol. The predicted molar refractivity (Wildman–Crippen MR) is 53.6 cm³/mol. The van der Waals surface area contributed by atoms with Crippen LogP contribution in [0.4, 0.5) is 0 Å². The van der Waals surface area contributed by atoms with Gasteiger partial charge in [-0.15, -0.1) is 0 Å². The van der Waals surface area contributed by atoms with Crippen molar-refractivity contribution in [3.63, 3.8) is 0 Å². The van der Waals surface area contributed by atoms with Gasteiger partial charge in [0, 0.05) is 7.11 Å². The van der Waals surface area contributed by atoms with Crippen LogP contribution in [0.3, 0.4) is 0 Å². The zero-order valence-corrected chi connectivity index (χ0v) is 9.00. The molecule has 13 heavy (non-hydrogen) atoms. The molecule has 0 fully saturated rings. The summed E-state index contributed by atoms with van der Waals surface area (Å²) in [5.41, 5.74) is 0.705. The average molecular weight is 184 g/mol. The quantitative estimate of drug-likeness (QED) is 0.666. The minimum Gasteiger partial charge on any atom is -0.390 e. The van der Waals surface area contributed by atoms with Crippen LogP contribution in [0.5, 0.6) is 0 Å². The van der Waals surface area contributed by atoms with E-state index < -0.39 is 5.60 Å². The van der Waals surface area contributed by atoms with E-state index in [-0.39, 0.29) is 6.10 Å². The van der Waals surface area contributed by atoms with E-state index in [4.69, 9.17) is 4.74 Å². The molecule has 1 aliphatic rings. The second-order valence-corrected chi connectivity index (χ2v) is 4.49. The van der Waals surface area contributed by atoms with E-state index in [1.165, 1.54) is 5.57 Å². The summed E-state index contributed by atoms with van der Waals surface area (Å²) in [4.78, 5) is 0. The van der Waals surface area contributed by atoms with Crippen molar-refractivity contribution in [3.8, 4) is 0 Å². The fourth-order valence-corrected chi connectivity index (χ4v) is 1.86. The maximum atomic E-state index is 9.86. The van der Waals surface area contributed by atoms with Crippen LogP contribution in [0.15, 0.2) is 11.6 Å². The Morgan fingerprint density at radius 2 is 2.15 bits per heavy atom. The van der Waals surface area contributed by atoms with Crippen molar-refractivity contribution in [2.24, 2.45) is 5.92 Å². The second-order valence-electron chi connectivity index (χ2n) is 4.49. The fraction of sp³-hybridized carbons (Fsp3) is 0.818. The van der Waals surface area contributed by atoms with Crippen molar-refractivity contribution in [1.29, 1.82) is 0 Å². The van der Waals surface area contributed by atoms with Gasteiger partial charge in [-0.3, -0.25) is 0 Å². The van der Waals surface area contributed by atoms with Crippen LogP contribution in [0.25, 0.3) is 0 Å². The van der Waals surface area contributed by atoms with Crippen LogP contribution in [-0.4, -0.2) is 23.9 Å². The first-order valence-corrected chi connectivity index (χ1v) is 4.87. The van der Waals surface area contributed by atoms with Crippen molar-refractivity contribution in [2.75, 3.05) is 7.11 Å². The molecule has 0 bridgehead atoms. The first kappa shape index (κ1) is 10.7. The topological polar surface area (TPSA) is 29.5 Å². The van der Waals surface area contributed by atoms with Crippen LogP contribution in [0, 0.1) is 5.92 Å². The Bertz CT molecular complexity index is 201. The molecule has 0 spiro atoms. The van der Waals surface area contributed by atoms with Gasteiger partial charge in [-0.2, -0.15) is 0 Å². The Morgan fingerprint density at radius 1 is 1.54 bits per heavy atom. The molecule has 0 amide bonds. The Labute approximate surface area is 80.6 Å². The number of hydrogen-bond donors (Lipinski definition) is 1. The van der Waals surface area contributed by atoms with Gasteiger partial charge in [-0.05, 0) is 45.1 Å². The molecular formula is C11H20O2. The first-order chi connectivity index (χ1) is 5.95. The SMILES string of the molecule is CO[C@@H]1C[C@@H](C(C)(C)O)CC=C1C. The van der Waals surface area contributed by atoms with Crippen LogP contribution < -0.4 is 0 Å². The number of rotatable bonds is 2. The van der Waals surface area contributed by atoms with Gasteiger partial charge in [0.15, 0.2) is 0 Å². The molecule has 0 aliphatic heterocycles. The highest BCUT2D eigenvalue weighted by Gasteiger charge is 2.31. The molecule has 2 atom stereocenters. The van der Waals surface area contributed by atoms with Gasteiger partial charge in [-0.1, -0.05) is 6.08 Å². The minimum absolute atomic E-state index is 0.199. The molecule has 76 valence electrons. The van der Waals surface area contributed by atoms with E-state index in [2.05, 4.69) is 13.0 Å². The Balaban J connectivity index is 2.68. The molecule has 1 rings (SSSR count). The lowest BCUT2D eigenvalue weighted by Crippen LogP contribution is -2.36. The van der Waals surface area contributed by atoms with Crippen LogP contribution in [0.1, 0.15) is 33.6 Å². The van der Waals surface area contributed by atoms with Crippen molar-refractivity contribution >= 4 is 0 Å². The number of aliphatic hydroxyl groups is 1. The normalized spacial score (nSPS) is 30.1. The summed E-state index contributed by atoms with van der Waals surface area (Å²) in [6, 6.07) is 0. The van der Waals surface area contributed by atoms with E-state index in [1.54, 1.807) is 7.11 Å². The lowest BCUT2D eigenvalue weighted by molar-refractivity contribution is -0.0130. The Hall–Kier alpha value is -0.340. The third-order valence-electron chi connectivity index (χ3n) is 3.01. The summed E-state index contributed by atoms with van der Waals surface area (Å²) in [5, 5.41) is 9.86. The summed E-state index contributed by atoms with van der Waals surface area (Å²) in [5.74, 6) is 0.321. The Morgan fingerprint density at radius 3 is 2.62 bits per heavy atom. The highest BCUT2D eigenvalue weighted by atomic mass is 16.5. The smallest absolute Gasteiger partial charge is 0.0782 e. The third-order valence-corrected chi connectivity index (χ3v) is 3.01. The van der Waals surface area contributed by atoms with Gasteiger partial charge >= 0.3 is 0 Å². The number of ether oxygens (including phenoxy) is 1.